The molecule has 0 saturated carbocycles. The van der Waals surface area contributed by atoms with E-state index < -0.39 is 5.60 Å². The molecule has 0 fully saturated rings. The average Bonchev–Trinajstić information content (AvgIpc) is 2.38. The van der Waals surface area contributed by atoms with Crippen molar-refractivity contribution >= 4 is 17.7 Å². The molecule has 0 saturated heterocycles. The van der Waals surface area contributed by atoms with Crippen molar-refractivity contribution in [2.75, 3.05) is 11.9 Å². The van der Waals surface area contributed by atoms with Gasteiger partial charge in [-0.15, -0.1) is 0 Å². The summed E-state index contributed by atoms with van der Waals surface area (Å²) in [5.41, 5.74) is 2.50. The average molecular weight is 306 g/mol. The van der Waals surface area contributed by atoms with Gasteiger partial charge in [-0.05, 0) is 58.2 Å². The lowest BCUT2D eigenvalue weighted by molar-refractivity contribution is -0.154. The van der Waals surface area contributed by atoms with E-state index in [1.165, 1.54) is 0 Å². The first-order valence-electron chi connectivity index (χ1n) is 7.52. The van der Waals surface area contributed by atoms with E-state index in [-0.39, 0.29) is 12.0 Å². The van der Waals surface area contributed by atoms with Gasteiger partial charge in [0.15, 0.2) is 0 Å². The van der Waals surface area contributed by atoms with Crippen LogP contribution in [0.5, 0.6) is 0 Å². The van der Waals surface area contributed by atoms with Crippen LogP contribution in [0.25, 0.3) is 0 Å². The molecule has 5 heteroatoms. The Morgan fingerprint density at radius 2 is 1.86 bits per heavy atom. The highest BCUT2D eigenvalue weighted by atomic mass is 16.6. The van der Waals surface area contributed by atoms with E-state index in [0.717, 1.165) is 16.8 Å². The first-order chi connectivity index (χ1) is 10.2. The smallest absolute Gasteiger partial charge is 0.319 e. The van der Waals surface area contributed by atoms with Crippen molar-refractivity contribution in [1.29, 1.82) is 0 Å². The zero-order valence-corrected chi connectivity index (χ0v) is 14.1. The summed E-state index contributed by atoms with van der Waals surface area (Å²) in [7, 11) is 0. The van der Waals surface area contributed by atoms with Gasteiger partial charge in [-0.2, -0.15) is 0 Å². The van der Waals surface area contributed by atoms with Crippen LogP contribution in [0, 0.1) is 13.8 Å². The first kappa shape index (κ1) is 18.0. The number of esters is 1. The van der Waals surface area contributed by atoms with Crippen molar-refractivity contribution in [3.8, 4) is 0 Å². The summed E-state index contributed by atoms with van der Waals surface area (Å²) in [6.07, 6.45) is 0.843. The molecule has 0 spiro atoms. The lowest BCUT2D eigenvalue weighted by atomic mass is 10.1. The summed E-state index contributed by atoms with van der Waals surface area (Å²) in [6, 6.07) is 5.50. The Balaban J connectivity index is 2.30. The van der Waals surface area contributed by atoms with Crippen molar-refractivity contribution in [1.82, 2.24) is 5.32 Å². The van der Waals surface area contributed by atoms with Crippen LogP contribution in [-0.2, 0) is 9.53 Å². The number of aryl methyl sites for hydroxylation is 1. The fourth-order valence-electron chi connectivity index (χ4n) is 1.88. The molecule has 5 nitrogen and oxygen atoms in total. The number of amides is 2. The molecule has 22 heavy (non-hydrogen) atoms. The molecule has 0 radical (unpaired) electrons. The molecule has 0 aliphatic rings. The Bertz CT molecular complexity index is 533. The normalized spacial score (nSPS) is 11.0. The maximum atomic E-state index is 11.8. The van der Waals surface area contributed by atoms with Crippen LogP contribution < -0.4 is 10.6 Å². The maximum Gasteiger partial charge on any atom is 0.319 e. The highest BCUT2D eigenvalue weighted by Crippen LogP contribution is 2.17. The second-order valence-electron chi connectivity index (χ2n) is 6.32. The molecule has 0 heterocycles. The van der Waals surface area contributed by atoms with Gasteiger partial charge in [0.1, 0.15) is 5.60 Å². The molecule has 2 amide bonds. The minimum atomic E-state index is -0.468. The van der Waals surface area contributed by atoms with Gasteiger partial charge < -0.3 is 15.4 Å². The Kier molecular flexibility index (Phi) is 6.40. The molecule has 2 N–H and O–H groups in total. The van der Waals surface area contributed by atoms with Gasteiger partial charge in [0, 0.05) is 18.7 Å². The van der Waals surface area contributed by atoms with E-state index >= 15 is 0 Å². The quantitative estimate of drug-likeness (QED) is 0.646. The second kappa shape index (κ2) is 7.82. The zero-order valence-electron chi connectivity index (χ0n) is 14.1. The Morgan fingerprint density at radius 3 is 2.50 bits per heavy atom. The Labute approximate surface area is 132 Å². The van der Waals surface area contributed by atoms with E-state index in [1.54, 1.807) is 0 Å². The second-order valence-corrected chi connectivity index (χ2v) is 6.32. The van der Waals surface area contributed by atoms with Gasteiger partial charge in [-0.1, -0.05) is 12.1 Å². The molecule has 0 unspecified atom stereocenters. The SMILES string of the molecule is Cc1cccc(NC(=O)NCCCC(=O)OC(C)(C)C)c1C. The van der Waals surface area contributed by atoms with E-state index in [9.17, 15) is 9.59 Å². The Morgan fingerprint density at radius 1 is 1.18 bits per heavy atom. The van der Waals surface area contributed by atoms with Crippen LogP contribution in [0.3, 0.4) is 0 Å². The minimum absolute atomic E-state index is 0.246. The molecule has 0 aliphatic heterocycles. The summed E-state index contributed by atoms with van der Waals surface area (Å²) in [4.78, 5) is 23.3. The van der Waals surface area contributed by atoms with Crippen LogP contribution in [0.15, 0.2) is 18.2 Å². The predicted molar refractivity (Wildman–Crippen MR) is 88.0 cm³/mol. The third-order valence-electron chi connectivity index (χ3n) is 3.12. The van der Waals surface area contributed by atoms with Crippen LogP contribution in [0.4, 0.5) is 10.5 Å². The number of carbonyl (C=O) groups excluding carboxylic acids is 2. The van der Waals surface area contributed by atoms with E-state index in [2.05, 4.69) is 10.6 Å². The number of hydrogen-bond acceptors (Lipinski definition) is 3. The van der Waals surface area contributed by atoms with Crippen molar-refractivity contribution in [2.24, 2.45) is 0 Å². The number of ether oxygens (including phenoxy) is 1. The van der Waals surface area contributed by atoms with Crippen LogP contribution in [-0.4, -0.2) is 24.1 Å². The van der Waals surface area contributed by atoms with E-state index in [4.69, 9.17) is 4.74 Å². The number of rotatable bonds is 5. The minimum Gasteiger partial charge on any atom is -0.460 e. The van der Waals surface area contributed by atoms with Crippen molar-refractivity contribution in [3.63, 3.8) is 0 Å². The Hall–Kier alpha value is -2.04. The fourth-order valence-corrected chi connectivity index (χ4v) is 1.88. The molecular weight excluding hydrogens is 280 g/mol. The standard InChI is InChI=1S/C17H26N2O3/c1-12-8-6-9-14(13(12)2)19-16(21)18-11-7-10-15(20)22-17(3,4)5/h6,8-9H,7,10-11H2,1-5H3,(H2,18,19,21). The lowest BCUT2D eigenvalue weighted by Gasteiger charge is -2.19. The topological polar surface area (TPSA) is 67.4 Å². The first-order valence-corrected chi connectivity index (χ1v) is 7.52. The highest BCUT2D eigenvalue weighted by Gasteiger charge is 2.15. The lowest BCUT2D eigenvalue weighted by Crippen LogP contribution is -2.30. The fraction of sp³-hybridized carbons (Fsp3) is 0.529. The summed E-state index contributed by atoms with van der Waals surface area (Å²) >= 11 is 0. The molecule has 0 bridgehead atoms. The highest BCUT2D eigenvalue weighted by molar-refractivity contribution is 5.90. The largest absolute Gasteiger partial charge is 0.460 e. The monoisotopic (exact) mass is 306 g/mol. The molecule has 1 aromatic rings. The molecule has 122 valence electrons. The number of benzene rings is 1. The maximum absolute atomic E-state index is 11.8. The third kappa shape index (κ3) is 6.61. The molecule has 1 aromatic carbocycles. The van der Waals surface area contributed by atoms with Crippen molar-refractivity contribution in [3.05, 3.63) is 29.3 Å². The van der Waals surface area contributed by atoms with Crippen molar-refractivity contribution in [2.45, 2.75) is 53.1 Å². The van der Waals surface area contributed by atoms with Gasteiger partial charge in [-0.3, -0.25) is 4.79 Å². The van der Waals surface area contributed by atoms with Crippen molar-refractivity contribution < 1.29 is 14.3 Å². The summed E-state index contributed by atoms with van der Waals surface area (Å²) in [5.74, 6) is -0.246. The summed E-state index contributed by atoms with van der Waals surface area (Å²) in [5, 5.41) is 5.55. The third-order valence-corrected chi connectivity index (χ3v) is 3.12. The van der Waals surface area contributed by atoms with Crippen LogP contribution in [0.2, 0.25) is 0 Å². The molecule has 1 rings (SSSR count). The van der Waals surface area contributed by atoms with Gasteiger partial charge >= 0.3 is 12.0 Å². The molecule has 0 atom stereocenters. The summed E-state index contributed by atoms with van der Waals surface area (Å²) in [6.45, 7) is 9.89. The number of nitrogens with one attached hydrogen (secondary N) is 2. The number of urea groups is 1. The van der Waals surface area contributed by atoms with Gasteiger partial charge in [0.05, 0.1) is 0 Å². The van der Waals surface area contributed by atoms with E-state index in [0.29, 0.717) is 19.4 Å². The van der Waals surface area contributed by atoms with Gasteiger partial charge in [0.2, 0.25) is 0 Å². The zero-order chi connectivity index (χ0) is 16.8. The van der Waals surface area contributed by atoms with E-state index in [1.807, 2.05) is 52.8 Å². The number of hydrogen-bond donors (Lipinski definition) is 2. The molecular formula is C17H26N2O3. The molecule has 0 aromatic heterocycles. The van der Waals surface area contributed by atoms with Crippen LogP contribution >= 0.6 is 0 Å². The predicted octanol–water partition coefficient (Wildman–Crippen LogP) is 3.55. The number of anilines is 1. The van der Waals surface area contributed by atoms with Crippen LogP contribution in [0.1, 0.15) is 44.7 Å². The summed E-state index contributed by atoms with van der Waals surface area (Å²) < 4.78 is 5.20. The molecule has 0 aliphatic carbocycles. The number of carbonyl (C=O) groups is 2. The van der Waals surface area contributed by atoms with Gasteiger partial charge in [-0.25, -0.2) is 4.79 Å². The van der Waals surface area contributed by atoms with Gasteiger partial charge in [0.25, 0.3) is 0 Å².